The van der Waals surface area contributed by atoms with Gasteiger partial charge in [0.15, 0.2) is 0 Å². The molecule has 0 unspecified atom stereocenters. The molecule has 7 heteroatoms. The zero-order valence-electron chi connectivity index (χ0n) is 18.7. The first-order valence-corrected chi connectivity index (χ1v) is 12.1. The van der Waals surface area contributed by atoms with Crippen LogP contribution in [0.15, 0.2) is 42.5 Å². The van der Waals surface area contributed by atoms with Gasteiger partial charge in [0.25, 0.3) is 0 Å². The van der Waals surface area contributed by atoms with E-state index in [1.54, 1.807) is 0 Å². The van der Waals surface area contributed by atoms with Gasteiger partial charge in [-0.2, -0.15) is 4.98 Å². The molecule has 0 bridgehead atoms. The quantitative estimate of drug-likeness (QED) is 0.397. The molecule has 0 radical (unpaired) electrons. The van der Waals surface area contributed by atoms with Gasteiger partial charge in [0.05, 0.1) is 15.6 Å². The number of nitrogens with one attached hydrogen (secondary N) is 2. The zero-order valence-corrected chi connectivity index (χ0v) is 20.3. The van der Waals surface area contributed by atoms with Crippen molar-refractivity contribution in [2.75, 3.05) is 30.9 Å². The van der Waals surface area contributed by atoms with Gasteiger partial charge in [0.2, 0.25) is 5.95 Å². The maximum absolute atomic E-state index is 6.11. The Morgan fingerprint density at radius 3 is 2.44 bits per heavy atom. The van der Waals surface area contributed by atoms with Crippen LogP contribution in [0.1, 0.15) is 37.7 Å². The number of hydrogen-bond donors (Lipinski definition) is 2. The van der Waals surface area contributed by atoms with Gasteiger partial charge in [0, 0.05) is 31.6 Å². The van der Waals surface area contributed by atoms with E-state index in [1.807, 2.05) is 49.3 Å². The summed E-state index contributed by atoms with van der Waals surface area (Å²) in [7, 11) is 4.05. The van der Waals surface area contributed by atoms with E-state index in [0.717, 1.165) is 54.9 Å². The average Bonchev–Trinajstić information content (AvgIpc) is 2.79. The van der Waals surface area contributed by atoms with Crippen molar-refractivity contribution in [1.29, 1.82) is 0 Å². The van der Waals surface area contributed by atoms with Crippen LogP contribution in [0.3, 0.4) is 0 Å². The number of rotatable bonds is 8. The first-order valence-electron chi connectivity index (χ1n) is 11.4. The van der Waals surface area contributed by atoms with E-state index in [2.05, 4.69) is 22.8 Å². The lowest BCUT2D eigenvalue weighted by Crippen LogP contribution is -2.37. The van der Waals surface area contributed by atoms with Crippen LogP contribution >= 0.6 is 23.2 Å². The number of hydrogen-bond acceptors (Lipinski definition) is 5. The van der Waals surface area contributed by atoms with Gasteiger partial charge < -0.3 is 15.5 Å². The molecule has 1 fully saturated rings. The number of halogens is 2. The monoisotopic (exact) mass is 471 g/mol. The molecule has 1 aliphatic rings. The number of aryl methyl sites for hydroxylation is 1. The first kappa shape index (κ1) is 23.1. The Kier molecular flexibility index (Phi) is 7.71. The van der Waals surface area contributed by atoms with E-state index < -0.39 is 0 Å². The SMILES string of the molecule is CN(C)c1nc(NC2CCC(NCCCc3ccc(Cl)c(Cl)c3)CC2)nc2ccccc12. The van der Waals surface area contributed by atoms with Crippen LogP contribution in [0.25, 0.3) is 10.9 Å². The number of para-hydroxylation sites is 1. The van der Waals surface area contributed by atoms with Crippen LogP contribution in [0.2, 0.25) is 10.0 Å². The number of anilines is 2. The lowest BCUT2D eigenvalue weighted by Gasteiger charge is -2.30. The highest BCUT2D eigenvalue weighted by Gasteiger charge is 2.22. The maximum atomic E-state index is 6.11. The Balaban J connectivity index is 1.24. The van der Waals surface area contributed by atoms with Crippen molar-refractivity contribution in [1.82, 2.24) is 15.3 Å². The van der Waals surface area contributed by atoms with Crippen molar-refractivity contribution in [3.05, 3.63) is 58.1 Å². The molecule has 5 nitrogen and oxygen atoms in total. The van der Waals surface area contributed by atoms with Crippen LogP contribution in [-0.2, 0) is 6.42 Å². The van der Waals surface area contributed by atoms with Crippen LogP contribution in [0.5, 0.6) is 0 Å². The summed E-state index contributed by atoms with van der Waals surface area (Å²) in [6, 6.07) is 15.1. The molecule has 1 heterocycles. The minimum absolute atomic E-state index is 0.417. The number of aromatic nitrogens is 2. The minimum atomic E-state index is 0.417. The highest BCUT2D eigenvalue weighted by atomic mass is 35.5. The van der Waals surface area contributed by atoms with Gasteiger partial charge in [-0.15, -0.1) is 0 Å². The normalized spacial score (nSPS) is 18.6. The van der Waals surface area contributed by atoms with Gasteiger partial charge in [-0.3, -0.25) is 0 Å². The van der Waals surface area contributed by atoms with Crippen molar-refractivity contribution in [3.63, 3.8) is 0 Å². The summed E-state index contributed by atoms with van der Waals surface area (Å²) in [4.78, 5) is 11.6. The first-order chi connectivity index (χ1) is 15.5. The largest absolute Gasteiger partial charge is 0.362 e. The Labute approximate surface area is 200 Å². The second kappa shape index (κ2) is 10.7. The highest BCUT2D eigenvalue weighted by Crippen LogP contribution is 2.26. The van der Waals surface area contributed by atoms with E-state index in [4.69, 9.17) is 33.2 Å². The third-order valence-corrected chi connectivity index (χ3v) is 6.87. The average molecular weight is 472 g/mol. The van der Waals surface area contributed by atoms with Crippen LogP contribution in [-0.4, -0.2) is 42.7 Å². The van der Waals surface area contributed by atoms with Gasteiger partial charge in [-0.05, 0) is 74.9 Å². The molecule has 0 saturated heterocycles. The second-order valence-electron chi connectivity index (χ2n) is 8.78. The molecule has 3 aromatic rings. The summed E-state index contributed by atoms with van der Waals surface area (Å²) >= 11 is 12.1. The number of nitrogens with zero attached hydrogens (tertiary/aromatic N) is 3. The molecule has 0 atom stereocenters. The molecule has 1 aliphatic carbocycles. The van der Waals surface area contributed by atoms with Gasteiger partial charge >= 0.3 is 0 Å². The fourth-order valence-electron chi connectivity index (χ4n) is 4.38. The zero-order chi connectivity index (χ0) is 22.5. The van der Waals surface area contributed by atoms with Gasteiger partial charge in [-0.25, -0.2) is 4.98 Å². The lowest BCUT2D eigenvalue weighted by atomic mass is 9.91. The summed E-state index contributed by atoms with van der Waals surface area (Å²) in [5, 5.41) is 9.65. The summed E-state index contributed by atoms with van der Waals surface area (Å²) in [6.07, 6.45) is 6.68. The molecule has 0 aliphatic heterocycles. The topological polar surface area (TPSA) is 53.1 Å². The third-order valence-electron chi connectivity index (χ3n) is 6.13. The Morgan fingerprint density at radius 1 is 0.938 bits per heavy atom. The van der Waals surface area contributed by atoms with Crippen molar-refractivity contribution in [2.24, 2.45) is 0 Å². The second-order valence-corrected chi connectivity index (χ2v) is 9.60. The van der Waals surface area contributed by atoms with Crippen molar-refractivity contribution in [2.45, 2.75) is 50.6 Å². The molecular weight excluding hydrogens is 441 g/mol. The molecule has 1 saturated carbocycles. The predicted molar refractivity (Wildman–Crippen MR) is 136 cm³/mol. The van der Waals surface area contributed by atoms with E-state index in [0.29, 0.717) is 22.1 Å². The van der Waals surface area contributed by atoms with E-state index in [1.165, 1.54) is 18.4 Å². The van der Waals surface area contributed by atoms with Gasteiger partial charge in [0.1, 0.15) is 5.82 Å². The molecule has 170 valence electrons. The Hall–Kier alpha value is -2.08. The molecule has 0 spiro atoms. The number of benzene rings is 2. The summed E-state index contributed by atoms with van der Waals surface area (Å²) < 4.78 is 0. The van der Waals surface area contributed by atoms with E-state index in [9.17, 15) is 0 Å². The van der Waals surface area contributed by atoms with Crippen molar-refractivity contribution in [3.8, 4) is 0 Å². The van der Waals surface area contributed by atoms with Gasteiger partial charge in [-0.1, -0.05) is 41.4 Å². The minimum Gasteiger partial charge on any atom is -0.362 e. The van der Waals surface area contributed by atoms with Crippen LogP contribution in [0.4, 0.5) is 11.8 Å². The van der Waals surface area contributed by atoms with Crippen molar-refractivity contribution >= 4 is 45.9 Å². The standard InChI is InChI=1S/C25H31Cl2N5/c1-32(2)24-20-7-3-4-8-23(20)30-25(31-24)29-19-12-10-18(11-13-19)28-15-5-6-17-9-14-21(26)22(27)16-17/h3-4,7-9,14,16,18-19,28H,5-6,10-13,15H2,1-2H3,(H,29,30,31). The Bertz CT molecular complexity index is 1050. The van der Waals surface area contributed by atoms with Crippen LogP contribution < -0.4 is 15.5 Å². The summed E-state index contributed by atoms with van der Waals surface area (Å²) in [5.41, 5.74) is 2.22. The summed E-state index contributed by atoms with van der Waals surface area (Å²) in [5.74, 6) is 1.68. The maximum Gasteiger partial charge on any atom is 0.225 e. The Morgan fingerprint density at radius 2 is 1.69 bits per heavy atom. The molecule has 32 heavy (non-hydrogen) atoms. The fourth-order valence-corrected chi connectivity index (χ4v) is 4.70. The molecule has 4 rings (SSSR count). The molecule has 1 aromatic heterocycles. The van der Waals surface area contributed by atoms with Crippen LogP contribution in [0, 0.1) is 0 Å². The molecular formula is C25H31Cl2N5. The van der Waals surface area contributed by atoms with E-state index >= 15 is 0 Å². The molecule has 2 aromatic carbocycles. The predicted octanol–water partition coefficient (Wildman–Crippen LogP) is 5.95. The van der Waals surface area contributed by atoms with E-state index in [-0.39, 0.29) is 0 Å². The smallest absolute Gasteiger partial charge is 0.225 e. The summed E-state index contributed by atoms with van der Waals surface area (Å²) in [6.45, 7) is 1.02. The molecule has 2 N–H and O–H groups in total. The third kappa shape index (κ3) is 5.83. The highest BCUT2D eigenvalue weighted by molar-refractivity contribution is 6.42. The molecule has 0 amide bonds. The number of fused-ring (bicyclic) bond motifs is 1. The fraction of sp³-hybridized carbons (Fsp3) is 0.440. The lowest BCUT2D eigenvalue weighted by molar-refractivity contribution is 0.352. The van der Waals surface area contributed by atoms with Crippen molar-refractivity contribution < 1.29 is 0 Å².